The van der Waals surface area contributed by atoms with E-state index in [9.17, 15) is 4.79 Å². The third-order valence-electron chi connectivity index (χ3n) is 2.26. The molecule has 1 atom stereocenters. The Kier molecular flexibility index (Phi) is 3.97. The monoisotopic (exact) mass is 230 g/mol. The lowest BCUT2D eigenvalue weighted by Crippen LogP contribution is -2.10. The topological polar surface area (TPSA) is 17.1 Å². The van der Waals surface area contributed by atoms with Crippen LogP contribution in [0.1, 0.15) is 30.6 Å². The summed E-state index contributed by atoms with van der Waals surface area (Å²) in [5.74, 6) is 0.0860. The highest BCUT2D eigenvalue weighted by molar-refractivity contribution is 6.36. The van der Waals surface area contributed by atoms with Crippen molar-refractivity contribution in [1.82, 2.24) is 0 Å². The summed E-state index contributed by atoms with van der Waals surface area (Å²) >= 11 is 11.7. The van der Waals surface area contributed by atoms with Crippen molar-refractivity contribution in [3.05, 3.63) is 33.8 Å². The molecule has 0 radical (unpaired) electrons. The second-order valence-corrected chi connectivity index (χ2v) is 4.14. The first kappa shape index (κ1) is 11.5. The van der Waals surface area contributed by atoms with Gasteiger partial charge in [-0.1, -0.05) is 37.0 Å². The van der Waals surface area contributed by atoms with Crippen molar-refractivity contribution >= 4 is 29.0 Å². The summed E-state index contributed by atoms with van der Waals surface area (Å²) in [6.45, 7) is 3.87. The minimum absolute atomic E-state index is 0.00803. The second-order valence-electron chi connectivity index (χ2n) is 3.30. The minimum Gasteiger partial charge on any atom is -0.294 e. The van der Waals surface area contributed by atoms with Crippen LogP contribution < -0.4 is 0 Å². The first-order chi connectivity index (χ1) is 6.56. The molecule has 1 nitrogen and oxygen atoms in total. The van der Waals surface area contributed by atoms with E-state index in [4.69, 9.17) is 23.2 Å². The zero-order valence-electron chi connectivity index (χ0n) is 8.18. The first-order valence-electron chi connectivity index (χ1n) is 4.55. The first-order valence-corrected chi connectivity index (χ1v) is 5.31. The highest BCUT2D eigenvalue weighted by Crippen LogP contribution is 2.24. The summed E-state index contributed by atoms with van der Waals surface area (Å²) < 4.78 is 0. The zero-order chi connectivity index (χ0) is 10.7. The van der Waals surface area contributed by atoms with Crippen molar-refractivity contribution in [3.63, 3.8) is 0 Å². The van der Waals surface area contributed by atoms with E-state index in [2.05, 4.69) is 0 Å². The number of halogens is 2. The van der Waals surface area contributed by atoms with Crippen LogP contribution in [0.15, 0.2) is 18.2 Å². The van der Waals surface area contributed by atoms with Crippen LogP contribution in [0.3, 0.4) is 0 Å². The third kappa shape index (κ3) is 2.49. The number of rotatable bonds is 3. The molecule has 1 rings (SSSR count). The molecule has 0 aliphatic carbocycles. The smallest absolute Gasteiger partial charge is 0.167 e. The van der Waals surface area contributed by atoms with E-state index < -0.39 is 0 Å². The van der Waals surface area contributed by atoms with Crippen LogP contribution in [0.2, 0.25) is 10.0 Å². The van der Waals surface area contributed by atoms with E-state index in [0.717, 1.165) is 6.42 Å². The van der Waals surface area contributed by atoms with Gasteiger partial charge in [0, 0.05) is 16.5 Å². The summed E-state index contributed by atoms with van der Waals surface area (Å²) in [5.41, 5.74) is 0.561. The molecule has 0 spiro atoms. The molecule has 1 aromatic carbocycles. The van der Waals surface area contributed by atoms with E-state index in [1.54, 1.807) is 18.2 Å². The van der Waals surface area contributed by atoms with E-state index in [1.165, 1.54) is 0 Å². The lowest BCUT2D eigenvalue weighted by molar-refractivity contribution is 0.0927. The summed E-state index contributed by atoms with van der Waals surface area (Å²) in [4.78, 5) is 11.8. The van der Waals surface area contributed by atoms with Crippen LogP contribution >= 0.6 is 23.2 Å². The number of carbonyl (C=O) groups excluding carboxylic acids is 1. The van der Waals surface area contributed by atoms with Gasteiger partial charge >= 0.3 is 0 Å². The van der Waals surface area contributed by atoms with E-state index >= 15 is 0 Å². The van der Waals surface area contributed by atoms with Crippen LogP contribution in [-0.2, 0) is 0 Å². The van der Waals surface area contributed by atoms with Crippen LogP contribution in [0, 0.1) is 5.92 Å². The standard InChI is InChI=1S/C11H12Cl2O/c1-3-7(2)11(14)9-5-4-8(12)6-10(9)13/h4-7H,3H2,1-2H3. The molecule has 76 valence electrons. The summed E-state index contributed by atoms with van der Waals surface area (Å²) in [5, 5.41) is 0.985. The molecule has 1 unspecified atom stereocenters. The lowest BCUT2D eigenvalue weighted by Gasteiger charge is -2.08. The molecule has 0 fully saturated rings. The Morgan fingerprint density at radius 2 is 2.07 bits per heavy atom. The van der Waals surface area contributed by atoms with Crippen LogP contribution in [0.5, 0.6) is 0 Å². The van der Waals surface area contributed by atoms with Crippen molar-refractivity contribution in [2.45, 2.75) is 20.3 Å². The van der Waals surface area contributed by atoms with Gasteiger partial charge in [0.05, 0.1) is 5.02 Å². The van der Waals surface area contributed by atoms with Crippen molar-refractivity contribution in [2.75, 3.05) is 0 Å². The number of ketones is 1. The minimum atomic E-state index is 0.00803. The molecule has 0 amide bonds. The Labute approximate surface area is 94.0 Å². The lowest BCUT2D eigenvalue weighted by atomic mass is 9.97. The fourth-order valence-electron chi connectivity index (χ4n) is 1.14. The molecule has 14 heavy (non-hydrogen) atoms. The molecule has 0 aliphatic heterocycles. The van der Waals surface area contributed by atoms with Crippen molar-refractivity contribution in [3.8, 4) is 0 Å². The number of benzene rings is 1. The SMILES string of the molecule is CCC(C)C(=O)c1ccc(Cl)cc1Cl. The predicted octanol–water partition coefficient (Wildman–Crippen LogP) is 4.22. The fraction of sp³-hybridized carbons (Fsp3) is 0.364. The molecular weight excluding hydrogens is 219 g/mol. The summed E-state index contributed by atoms with van der Waals surface area (Å²) in [6.07, 6.45) is 0.817. The van der Waals surface area contributed by atoms with E-state index in [1.807, 2.05) is 13.8 Å². The fourth-order valence-corrected chi connectivity index (χ4v) is 1.64. The van der Waals surface area contributed by atoms with Crippen LogP contribution in [0.4, 0.5) is 0 Å². The molecular formula is C11H12Cl2O. The third-order valence-corrected chi connectivity index (χ3v) is 2.80. The molecule has 3 heteroatoms. The Hall–Kier alpha value is -0.530. The van der Waals surface area contributed by atoms with E-state index in [-0.39, 0.29) is 11.7 Å². The molecule has 0 aliphatic rings. The maximum Gasteiger partial charge on any atom is 0.167 e. The second kappa shape index (κ2) is 4.81. The Balaban J connectivity index is 3.02. The molecule has 0 bridgehead atoms. The number of carbonyl (C=O) groups is 1. The van der Waals surface area contributed by atoms with Gasteiger partial charge in [-0.2, -0.15) is 0 Å². The molecule has 0 saturated carbocycles. The number of hydrogen-bond donors (Lipinski definition) is 0. The molecule has 0 aromatic heterocycles. The predicted molar refractivity (Wildman–Crippen MR) is 60.2 cm³/mol. The van der Waals surface area contributed by atoms with Gasteiger partial charge in [-0.15, -0.1) is 0 Å². The Morgan fingerprint density at radius 3 is 2.57 bits per heavy atom. The van der Waals surface area contributed by atoms with Gasteiger partial charge in [0.25, 0.3) is 0 Å². The number of hydrogen-bond acceptors (Lipinski definition) is 1. The van der Waals surface area contributed by atoms with Gasteiger partial charge < -0.3 is 0 Å². The highest BCUT2D eigenvalue weighted by atomic mass is 35.5. The van der Waals surface area contributed by atoms with Crippen LogP contribution in [0.25, 0.3) is 0 Å². The maximum atomic E-state index is 11.8. The quantitative estimate of drug-likeness (QED) is 0.711. The van der Waals surface area contributed by atoms with Gasteiger partial charge in [-0.05, 0) is 24.6 Å². The van der Waals surface area contributed by atoms with Gasteiger partial charge in [0.15, 0.2) is 5.78 Å². The molecule has 0 N–H and O–H groups in total. The molecule has 1 aromatic rings. The highest BCUT2D eigenvalue weighted by Gasteiger charge is 2.16. The summed E-state index contributed by atoms with van der Waals surface area (Å²) in [7, 11) is 0. The van der Waals surface area contributed by atoms with Crippen molar-refractivity contribution in [2.24, 2.45) is 5.92 Å². The molecule has 0 heterocycles. The average Bonchev–Trinajstić information content (AvgIpc) is 2.15. The van der Waals surface area contributed by atoms with Gasteiger partial charge in [0.2, 0.25) is 0 Å². The van der Waals surface area contributed by atoms with Gasteiger partial charge in [-0.3, -0.25) is 4.79 Å². The van der Waals surface area contributed by atoms with Gasteiger partial charge in [-0.25, -0.2) is 0 Å². The van der Waals surface area contributed by atoms with Crippen molar-refractivity contribution in [1.29, 1.82) is 0 Å². The average molecular weight is 231 g/mol. The van der Waals surface area contributed by atoms with Crippen LogP contribution in [-0.4, -0.2) is 5.78 Å². The molecule has 0 saturated heterocycles. The normalized spacial score (nSPS) is 12.6. The van der Waals surface area contributed by atoms with Gasteiger partial charge in [0.1, 0.15) is 0 Å². The largest absolute Gasteiger partial charge is 0.294 e. The van der Waals surface area contributed by atoms with Crippen molar-refractivity contribution < 1.29 is 4.79 Å². The Morgan fingerprint density at radius 1 is 1.43 bits per heavy atom. The zero-order valence-corrected chi connectivity index (χ0v) is 9.69. The Bertz CT molecular complexity index is 347. The summed E-state index contributed by atoms with van der Waals surface area (Å²) in [6, 6.07) is 4.96. The number of Topliss-reactive ketones (excluding diaryl/α,β-unsaturated/α-hetero) is 1. The van der Waals surface area contributed by atoms with E-state index in [0.29, 0.717) is 15.6 Å². The maximum absolute atomic E-state index is 11.8.